The standard InChI is InChI=1S/C20H21F3N2O2/c1-13(2)19(27)25-17-8-6-14(7-9-17)12-24-18(26)11-15-4-3-5-16(10-15)20(21,22)23/h3-10,13H,11-12H2,1-2H3,(H,24,26)(H,25,27). The Kier molecular flexibility index (Phi) is 6.60. The van der Waals surface area contributed by atoms with Gasteiger partial charge in [0.25, 0.3) is 0 Å². The average molecular weight is 378 g/mol. The van der Waals surface area contributed by atoms with Crippen LogP contribution < -0.4 is 10.6 Å². The van der Waals surface area contributed by atoms with Gasteiger partial charge < -0.3 is 10.6 Å². The molecule has 0 saturated heterocycles. The van der Waals surface area contributed by atoms with Crippen molar-refractivity contribution in [1.82, 2.24) is 5.32 Å². The van der Waals surface area contributed by atoms with Crippen LogP contribution in [0.2, 0.25) is 0 Å². The predicted molar refractivity (Wildman–Crippen MR) is 96.9 cm³/mol. The number of benzene rings is 2. The first-order valence-corrected chi connectivity index (χ1v) is 8.48. The van der Waals surface area contributed by atoms with Crippen molar-refractivity contribution in [2.75, 3.05) is 5.32 Å². The van der Waals surface area contributed by atoms with Crippen LogP contribution in [0.4, 0.5) is 18.9 Å². The van der Waals surface area contributed by atoms with Gasteiger partial charge in [0.1, 0.15) is 0 Å². The Morgan fingerprint density at radius 3 is 2.26 bits per heavy atom. The molecule has 144 valence electrons. The molecule has 0 bridgehead atoms. The van der Waals surface area contributed by atoms with Gasteiger partial charge in [-0.2, -0.15) is 13.2 Å². The van der Waals surface area contributed by atoms with Crippen molar-refractivity contribution in [3.05, 3.63) is 65.2 Å². The Bertz CT molecular complexity index is 800. The molecule has 0 radical (unpaired) electrons. The second-order valence-electron chi connectivity index (χ2n) is 6.49. The van der Waals surface area contributed by atoms with Crippen molar-refractivity contribution in [2.24, 2.45) is 5.92 Å². The summed E-state index contributed by atoms with van der Waals surface area (Å²) in [4.78, 5) is 23.6. The van der Waals surface area contributed by atoms with Gasteiger partial charge in [0.05, 0.1) is 12.0 Å². The third-order valence-electron chi connectivity index (χ3n) is 3.85. The lowest BCUT2D eigenvalue weighted by Crippen LogP contribution is -2.24. The number of hydrogen-bond acceptors (Lipinski definition) is 2. The number of rotatable bonds is 6. The summed E-state index contributed by atoms with van der Waals surface area (Å²) in [6, 6.07) is 11.7. The molecular formula is C20H21F3N2O2. The third-order valence-corrected chi connectivity index (χ3v) is 3.85. The Hall–Kier alpha value is -2.83. The minimum Gasteiger partial charge on any atom is -0.352 e. The van der Waals surface area contributed by atoms with Crippen LogP contribution in [0.1, 0.15) is 30.5 Å². The summed E-state index contributed by atoms with van der Waals surface area (Å²) in [5.74, 6) is -0.580. The van der Waals surface area contributed by atoms with Crippen LogP contribution in [0.25, 0.3) is 0 Å². The lowest BCUT2D eigenvalue weighted by atomic mass is 10.1. The van der Waals surface area contributed by atoms with E-state index in [1.54, 1.807) is 38.1 Å². The van der Waals surface area contributed by atoms with Gasteiger partial charge in [0.2, 0.25) is 11.8 Å². The molecule has 0 heterocycles. The lowest BCUT2D eigenvalue weighted by Gasteiger charge is -2.10. The Labute approximate surface area is 155 Å². The van der Waals surface area contributed by atoms with E-state index in [1.165, 1.54) is 12.1 Å². The zero-order valence-electron chi connectivity index (χ0n) is 15.1. The van der Waals surface area contributed by atoms with Crippen molar-refractivity contribution in [2.45, 2.75) is 33.0 Å². The molecule has 2 amide bonds. The highest BCUT2D eigenvalue weighted by Crippen LogP contribution is 2.29. The van der Waals surface area contributed by atoms with Crippen LogP contribution in [-0.4, -0.2) is 11.8 Å². The molecule has 4 nitrogen and oxygen atoms in total. The van der Waals surface area contributed by atoms with Crippen molar-refractivity contribution < 1.29 is 22.8 Å². The van der Waals surface area contributed by atoms with Crippen LogP contribution >= 0.6 is 0 Å². The van der Waals surface area contributed by atoms with Crippen LogP contribution in [0.5, 0.6) is 0 Å². The Morgan fingerprint density at radius 1 is 1.00 bits per heavy atom. The fourth-order valence-electron chi connectivity index (χ4n) is 2.30. The number of halogens is 3. The normalized spacial score (nSPS) is 11.3. The minimum atomic E-state index is -4.43. The maximum atomic E-state index is 12.7. The number of amides is 2. The SMILES string of the molecule is CC(C)C(=O)Nc1ccc(CNC(=O)Cc2cccc(C(F)(F)F)c2)cc1. The number of carbonyl (C=O) groups excluding carboxylic acids is 2. The molecule has 0 aliphatic heterocycles. The number of anilines is 1. The summed E-state index contributed by atoms with van der Waals surface area (Å²) >= 11 is 0. The number of nitrogens with one attached hydrogen (secondary N) is 2. The van der Waals surface area contributed by atoms with E-state index < -0.39 is 11.7 Å². The molecule has 27 heavy (non-hydrogen) atoms. The van der Waals surface area contributed by atoms with E-state index in [-0.39, 0.29) is 30.7 Å². The summed E-state index contributed by atoms with van der Waals surface area (Å²) in [6.45, 7) is 3.84. The van der Waals surface area contributed by atoms with Crippen LogP contribution in [-0.2, 0) is 28.7 Å². The van der Waals surface area contributed by atoms with E-state index in [9.17, 15) is 22.8 Å². The van der Waals surface area contributed by atoms with Crippen molar-refractivity contribution in [3.63, 3.8) is 0 Å². The van der Waals surface area contributed by atoms with E-state index in [0.717, 1.165) is 17.7 Å². The van der Waals surface area contributed by atoms with E-state index in [1.807, 2.05) is 0 Å². The van der Waals surface area contributed by atoms with Crippen molar-refractivity contribution >= 4 is 17.5 Å². The predicted octanol–water partition coefficient (Wildman–Crippen LogP) is 4.16. The smallest absolute Gasteiger partial charge is 0.352 e. The van der Waals surface area contributed by atoms with Crippen molar-refractivity contribution in [3.8, 4) is 0 Å². The lowest BCUT2D eigenvalue weighted by molar-refractivity contribution is -0.137. The van der Waals surface area contributed by atoms with Crippen LogP contribution in [0, 0.1) is 5.92 Å². The van der Waals surface area contributed by atoms with Crippen LogP contribution in [0.15, 0.2) is 48.5 Å². The molecule has 0 atom stereocenters. The Morgan fingerprint density at radius 2 is 1.67 bits per heavy atom. The minimum absolute atomic E-state index is 0.0860. The van der Waals surface area contributed by atoms with E-state index in [4.69, 9.17) is 0 Å². The first kappa shape index (κ1) is 20.5. The second kappa shape index (κ2) is 8.70. The molecule has 2 aromatic carbocycles. The van der Waals surface area contributed by atoms with E-state index >= 15 is 0 Å². The molecule has 0 spiro atoms. The van der Waals surface area contributed by atoms with Gasteiger partial charge in [-0.3, -0.25) is 9.59 Å². The molecular weight excluding hydrogens is 357 g/mol. The highest BCUT2D eigenvalue weighted by atomic mass is 19.4. The largest absolute Gasteiger partial charge is 0.416 e. The molecule has 0 aliphatic carbocycles. The third kappa shape index (κ3) is 6.44. The zero-order chi connectivity index (χ0) is 20.0. The molecule has 2 N–H and O–H groups in total. The quantitative estimate of drug-likeness (QED) is 0.793. The summed E-state index contributed by atoms with van der Waals surface area (Å²) < 4.78 is 38.1. The van der Waals surface area contributed by atoms with E-state index in [0.29, 0.717) is 11.3 Å². The summed E-state index contributed by atoms with van der Waals surface area (Å²) in [7, 11) is 0. The molecule has 0 aliphatic rings. The summed E-state index contributed by atoms with van der Waals surface area (Å²) in [5, 5.41) is 5.44. The first-order chi connectivity index (χ1) is 12.6. The maximum Gasteiger partial charge on any atom is 0.416 e. The molecule has 2 aromatic rings. The number of carbonyl (C=O) groups is 2. The van der Waals surface area contributed by atoms with Gasteiger partial charge in [-0.15, -0.1) is 0 Å². The molecule has 0 unspecified atom stereocenters. The van der Waals surface area contributed by atoms with Gasteiger partial charge in [0, 0.05) is 18.2 Å². The monoisotopic (exact) mass is 378 g/mol. The second-order valence-corrected chi connectivity index (χ2v) is 6.49. The number of hydrogen-bond donors (Lipinski definition) is 2. The van der Waals surface area contributed by atoms with Crippen molar-refractivity contribution in [1.29, 1.82) is 0 Å². The molecule has 0 saturated carbocycles. The molecule has 2 rings (SSSR count). The molecule has 7 heteroatoms. The first-order valence-electron chi connectivity index (χ1n) is 8.48. The maximum absolute atomic E-state index is 12.7. The van der Waals surface area contributed by atoms with E-state index in [2.05, 4.69) is 10.6 Å². The fraction of sp³-hybridized carbons (Fsp3) is 0.300. The highest BCUT2D eigenvalue weighted by Gasteiger charge is 2.30. The van der Waals surface area contributed by atoms with Gasteiger partial charge in [-0.25, -0.2) is 0 Å². The molecule has 0 fully saturated rings. The van der Waals surface area contributed by atoms with Gasteiger partial charge in [0.15, 0.2) is 0 Å². The Balaban J connectivity index is 1.88. The topological polar surface area (TPSA) is 58.2 Å². The van der Waals surface area contributed by atoms with Gasteiger partial charge >= 0.3 is 6.18 Å². The summed E-state index contributed by atoms with van der Waals surface area (Å²) in [5.41, 5.74) is 1.00. The number of alkyl halides is 3. The molecule has 0 aromatic heterocycles. The average Bonchev–Trinajstić information content (AvgIpc) is 2.60. The van der Waals surface area contributed by atoms with Gasteiger partial charge in [-0.05, 0) is 29.3 Å². The highest BCUT2D eigenvalue weighted by molar-refractivity contribution is 5.92. The zero-order valence-corrected chi connectivity index (χ0v) is 15.1. The fourth-order valence-corrected chi connectivity index (χ4v) is 2.30. The van der Waals surface area contributed by atoms with Crippen LogP contribution in [0.3, 0.4) is 0 Å². The summed E-state index contributed by atoms with van der Waals surface area (Å²) in [6.07, 6.45) is -4.56. The van der Waals surface area contributed by atoms with Gasteiger partial charge in [-0.1, -0.05) is 44.2 Å².